The standard InChI is InChI=1S/C16H19N5O2/c1-19-11-16(9-13(19)22)5-2-3-7-20(16)15(23)12-10-18-21-8-4-6-17-14(12)21/h4,6,8,10H,2-3,5,7,9,11H2,1H3. The van der Waals surface area contributed by atoms with E-state index in [1.807, 2.05) is 11.9 Å². The number of hydrogen-bond donors (Lipinski definition) is 0. The number of piperidine rings is 1. The van der Waals surface area contributed by atoms with Gasteiger partial charge in [0.25, 0.3) is 5.91 Å². The van der Waals surface area contributed by atoms with Crippen LogP contribution in [0.2, 0.25) is 0 Å². The molecule has 2 aliphatic heterocycles. The Balaban J connectivity index is 1.73. The molecule has 7 heteroatoms. The molecule has 1 unspecified atom stereocenters. The molecule has 120 valence electrons. The summed E-state index contributed by atoms with van der Waals surface area (Å²) in [5, 5.41) is 4.21. The second-order valence-corrected chi connectivity index (χ2v) is 6.51. The summed E-state index contributed by atoms with van der Waals surface area (Å²) in [4.78, 5) is 33.1. The zero-order chi connectivity index (χ0) is 16.0. The van der Waals surface area contributed by atoms with E-state index in [-0.39, 0.29) is 17.4 Å². The largest absolute Gasteiger partial charge is 0.343 e. The molecule has 2 saturated heterocycles. The molecular formula is C16H19N5O2. The van der Waals surface area contributed by atoms with Crippen LogP contribution in [0.4, 0.5) is 0 Å². The molecule has 0 aromatic carbocycles. The van der Waals surface area contributed by atoms with Crippen molar-refractivity contribution in [2.45, 2.75) is 31.2 Å². The van der Waals surface area contributed by atoms with Crippen LogP contribution in [0.5, 0.6) is 0 Å². The third-order valence-electron chi connectivity index (χ3n) is 5.04. The third-order valence-corrected chi connectivity index (χ3v) is 5.04. The number of likely N-dealkylation sites (tertiary alicyclic amines) is 2. The van der Waals surface area contributed by atoms with Gasteiger partial charge in [0.2, 0.25) is 5.91 Å². The first kappa shape index (κ1) is 14.2. The molecule has 0 N–H and O–H groups in total. The van der Waals surface area contributed by atoms with E-state index < -0.39 is 0 Å². The van der Waals surface area contributed by atoms with Crippen molar-refractivity contribution in [3.63, 3.8) is 0 Å². The van der Waals surface area contributed by atoms with Crippen molar-refractivity contribution >= 4 is 17.5 Å². The molecule has 1 atom stereocenters. The smallest absolute Gasteiger partial charge is 0.259 e. The van der Waals surface area contributed by atoms with Gasteiger partial charge in [-0.15, -0.1) is 0 Å². The zero-order valence-corrected chi connectivity index (χ0v) is 13.1. The lowest BCUT2D eigenvalue weighted by Gasteiger charge is -2.44. The highest BCUT2D eigenvalue weighted by atomic mass is 16.2. The summed E-state index contributed by atoms with van der Waals surface area (Å²) in [6.07, 6.45) is 8.33. The number of fused-ring (bicyclic) bond motifs is 1. The predicted octanol–water partition coefficient (Wildman–Crippen LogP) is 0.956. The summed E-state index contributed by atoms with van der Waals surface area (Å²) in [5.74, 6) is 0.0455. The molecule has 1 spiro atoms. The van der Waals surface area contributed by atoms with Crippen LogP contribution in [0.25, 0.3) is 5.65 Å². The lowest BCUT2D eigenvalue weighted by molar-refractivity contribution is -0.126. The number of carbonyl (C=O) groups excluding carboxylic acids is 2. The Labute approximate surface area is 133 Å². The van der Waals surface area contributed by atoms with Gasteiger partial charge < -0.3 is 9.80 Å². The van der Waals surface area contributed by atoms with Gasteiger partial charge in [0.15, 0.2) is 5.65 Å². The molecule has 2 aliphatic rings. The Morgan fingerprint density at radius 2 is 2.22 bits per heavy atom. The summed E-state index contributed by atoms with van der Waals surface area (Å²) in [6.45, 7) is 1.30. The predicted molar refractivity (Wildman–Crippen MR) is 82.9 cm³/mol. The van der Waals surface area contributed by atoms with Crippen molar-refractivity contribution in [1.29, 1.82) is 0 Å². The van der Waals surface area contributed by atoms with Crippen molar-refractivity contribution in [3.05, 3.63) is 30.2 Å². The third kappa shape index (κ3) is 2.10. The van der Waals surface area contributed by atoms with E-state index in [1.165, 1.54) is 0 Å². The summed E-state index contributed by atoms with van der Waals surface area (Å²) < 4.78 is 1.61. The van der Waals surface area contributed by atoms with Gasteiger partial charge in [-0.1, -0.05) is 0 Å². The molecule has 4 heterocycles. The maximum Gasteiger partial charge on any atom is 0.259 e. The Morgan fingerprint density at radius 1 is 1.35 bits per heavy atom. The Morgan fingerprint density at radius 3 is 3.00 bits per heavy atom. The minimum atomic E-state index is -0.371. The lowest BCUT2D eigenvalue weighted by atomic mass is 9.85. The first-order chi connectivity index (χ1) is 11.1. The minimum Gasteiger partial charge on any atom is -0.343 e. The fourth-order valence-electron chi connectivity index (χ4n) is 3.89. The maximum atomic E-state index is 13.2. The van der Waals surface area contributed by atoms with Crippen molar-refractivity contribution in [1.82, 2.24) is 24.4 Å². The van der Waals surface area contributed by atoms with E-state index in [0.29, 0.717) is 30.7 Å². The molecule has 23 heavy (non-hydrogen) atoms. The molecule has 2 amide bonds. The van der Waals surface area contributed by atoms with Crippen LogP contribution < -0.4 is 0 Å². The molecule has 2 fully saturated rings. The second kappa shape index (κ2) is 5.04. The monoisotopic (exact) mass is 313 g/mol. The number of rotatable bonds is 1. The van der Waals surface area contributed by atoms with E-state index in [0.717, 1.165) is 19.3 Å². The molecule has 0 radical (unpaired) electrons. The van der Waals surface area contributed by atoms with Crippen LogP contribution in [0.3, 0.4) is 0 Å². The molecular weight excluding hydrogens is 294 g/mol. The topological polar surface area (TPSA) is 70.8 Å². The van der Waals surface area contributed by atoms with Crippen molar-refractivity contribution < 1.29 is 9.59 Å². The van der Waals surface area contributed by atoms with E-state index >= 15 is 0 Å². The van der Waals surface area contributed by atoms with Crippen molar-refractivity contribution in [2.24, 2.45) is 0 Å². The average molecular weight is 313 g/mol. The summed E-state index contributed by atoms with van der Waals surface area (Å²) in [5.41, 5.74) is 0.703. The summed E-state index contributed by atoms with van der Waals surface area (Å²) >= 11 is 0. The molecule has 0 aliphatic carbocycles. The fraction of sp³-hybridized carbons (Fsp3) is 0.500. The number of hydrogen-bond acceptors (Lipinski definition) is 4. The van der Waals surface area contributed by atoms with Gasteiger partial charge in [0, 0.05) is 32.5 Å². The highest BCUT2D eigenvalue weighted by Crippen LogP contribution is 2.37. The maximum absolute atomic E-state index is 13.2. The number of amides is 2. The highest BCUT2D eigenvalue weighted by Gasteiger charge is 2.49. The Hall–Kier alpha value is -2.44. The normalized spacial score (nSPS) is 24.8. The number of likely N-dealkylation sites (N-methyl/N-ethyl adjacent to an activating group) is 1. The first-order valence-corrected chi connectivity index (χ1v) is 7.95. The molecule has 2 aromatic rings. The van der Waals surface area contributed by atoms with Gasteiger partial charge in [-0.05, 0) is 25.3 Å². The molecule has 2 aromatic heterocycles. The van der Waals surface area contributed by atoms with Gasteiger partial charge >= 0.3 is 0 Å². The molecule has 0 bridgehead atoms. The van der Waals surface area contributed by atoms with Crippen LogP contribution in [-0.4, -0.2) is 61.9 Å². The molecule has 0 saturated carbocycles. The summed E-state index contributed by atoms with van der Waals surface area (Å²) in [6, 6.07) is 1.78. The number of aromatic nitrogens is 3. The quantitative estimate of drug-likeness (QED) is 0.786. The van der Waals surface area contributed by atoms with Gasteiger partial charge in [-0.2, -0.15) is 5.10 Å². The highest BCUT2D eigenvalue weighted by molar-refractivity contribution is 6.00. The Kier molecular flexibility index (Phi) is 3.11. The van der Waals surface area contributed by atoms with Crippen LogP contribution in [-0.2, 0) is 4.79 Å². The second-order valence-electron chi connectivity index (χ2n) is 6.51. The van der Waals surface area contributed by atoms with Gasteiger partial charge in [0.1, 0.15) is 5.56 Å². The number of carbonyl (C=O) groups is 2. The Bertz CT molecular complexity index is 786. The molecule has 4 rings (SSSR count). The van der Waals surface area contributed by atoms with E-state index in [1.54, 1.807) is 34.1 Å². The van der Waals surface area contributed by atoms with Crippen molar-refractivity contribution in [3.8, 4) is 0 Å². The van der Waals surface area contributed by atoms with Crippen LogP contribution in [0.15, 0.2) is 24.7 Å². The SMILES string of the molecule is CN1CC2(CCCCN2C(=O)c2cnn3cccnc23)CC1=O. The average Bonchev–Trinajstić information content (AvgIpc) is 3.09. The van der Waals surface area contributed by atoms with Crippen LogP contribution >= 0.6 is 0 Å². The molecule has 7 nitrogen and oxygen atoms in total. The van der Waals surface area contributed by atoms with Crippen molar-refractivity contribution in [2.75, 3.05) is 20.1 Å². The van der Waals surface area contributed by atoms with Crippen LogP contribution in [0.1, 0.15) is 36.0 Å². The number of nitrogens with zero attached hydrogens (tertiary/aromatic N) is 5. The van der Waals surface area contributed by atoms with Gasteiger partial charge in [0.05, 0.1) is 18.2 Å². The first-order valence-electron chi connectivity index (χ1n) is 7.95. The van der Waals surface area contributed by atoms with E-state index in [2.05, 4.69) is 10.1 Å². The van der Waals surface area contributed by atoms with Gasteiger partial charge in [-0.3, -0.25) is 9.59 Å². The van der Waals surface area contributed by atoms with Crippen LogP contribution in [0, 0.1) is 0 Å². The minimum absolute atomic E-state index is 0.0681. The summed E-state index contributed by atoms with van der Waals surface area (Å²) in [7, 11) is 1.81. The van der Waals surface area contributed by atoms with Gasteiger partial charge in [-0.25, -0.2) is 9.50 Å². The lowest BCUT2D eigenvalue weighted by Crippen LogP contribution is -2.55. The fourth-order valence-corrected chi connectivity index (χ4v) is 3.89. The zero-order valence-electron chi connectivity index (χ0n) is 13.1. The van der Waals surface area contributed by atoms with E-state index in [4.69, 9.17) is 0 Å². The van der Waals surface area contributed by atoms with E-state index in [9.17, 15) is 9.59 Å².